The molecule has 10 heteroatoms. The zero-order valence-corrected chi connectivity index (χ0v) is 21.5. The first-order valence-electron chi connectivity index (χ1n) is 12.2. The van der Waals surface area contributed by atoms with E-state index in [1.165, 1.54) is 61.9 Å². The third-order valence-electron chi connectivity index (χ3n) is 6.10. The summed E-state index contributed by atoms with van der Waals surface area (Å²) in [5, 5.41) is 29.1. The van der Waals surface area contributed by atoms with E-state index in [1.54, 1.807) is 46.7 Å². The molecule has 0 amide bonds. The Kier molecular flexibility index (Phi) is 9.34. The van der Waals surface area contributed by atoms with Gasteiger partial charge in [-0.1, -0.05) is 24.6 Å². The molecule has 37 heavy (non-hydrogen) atoms. The van der Waals surface area contributed by atoms with Gasteiger partial charge in [0.1, 0.15) is 22.3 Å². The monoisotopic (exact) mass is 527 g/mol. The molecule has 2 aromatic heterocycles. The van der Waals surface area contributed by atoms with E-state index in [2.05, 4.69) is 27.3 Å². The standard InChI is InChI=1S/C21H18F2N4O2S.C6H13N/c22-15-4-2-5-16(7-15)25-20(29)19-12-30-21(26-19)14-8-24-27(9-14)10-17-13(11-28)3-1-6-18(17)23;1-7-5-3-2-4-6-7/h1-9,12,20,25,28-29H,10-11H2;2-6H2,1H3. The molecule has 3 heterocycles. The SMILES string of the molecule is CN1CCCCC1.OCc1cccc(F)c1Cn1cc(-c2nc(C(O)Nc3cccc(F)c3)cs2)cn1. The van der Waals surface area contributed by atoms with Gasteiger partial charge in [-0.25, -0.2) is 13.8 Å². The Morgan fingerprint density at radius 2 is 1.89 bits per heavy atom. The zero-order chi connectivity index (χ0) is 26.2. The van der Waals surface area contributed by atoms with Crippen LogP contribution in [0.1, 0.15) is 42.3 Å². The van der Waals surface area contributed by atoms with Gasteiger partial charge in [-0.3, -0.25) is 4.68 Å². The lowest BCUT2D eigenvalue weighted by Gasteiger charge is -2.20. The molecule has 0 spiro atoms. The molecule has 1 unspecified atom stereocenters. The minimum Gasteiger partial charge on any atom is -0.392 e. The van der Waals surface area contributed by atoms with E-state index in [1.807, 2.05) is 0 Å². The zero-order valence-electron chi connectivity index (χ0n) is 20.6. The van der Waals surface area contributed by atoms with Crippen molar-refractivity contribution in [3.8, 4) is 10.6 Å². The van der Waals surface area contributed by atoms with Crippen molar-refractivity contribution in [2.75, 3.05) is 25.5 Å². The minimum atomic E-state index is -1.10. The summed E-state index contributed by atoms with van der Waals surface area (Å²) in [7, 11) is 2.19. The first kappa shape index (κ1) is 26.9. The van der Waals surface area contributed by atoms with E-state index in [0.717, 1.165) is 0 Å². The van der Waals surface area contributed by atoms with Crippen molar-refractivity contribution >= 4 is 17.0 Å². The topological polar surface area (TPSA) is 86.4 Å². The summed E-state index contributed by atoms with van der Waals surface area (Å²) in [5.41, 5.74) is 2.43. The maximum atomic E-state index is 14.1. The summed E-state index contributed by atoms with van der Waals surface area (Å²) in [6.45, 7) is 2.55. The quantitative estimate of drug-likeness (QED) is 0.292. The molecular weight excluding hydrogens is 496 g/mol. The van der Waals surface area contributed by atoms with E-state index in [4.69, 9.17) is 0 Å². The van der Waals surface area contributed by atoms with Gasteiger partial charge in [-0.05, 0) is 62.8 Å². The third kappa shape index (κ3) is 7.42. The van der Waals surface area contributed by atoms with Crippen LogP contribution in [0.15, 0.2) is 60.2 Å². The fourth-order valence-corrected chi connectivity index (χ4v) is 4.87. The number of benzene rings is 2. The molecule has 4 aromatic rings. The second-order valence-electron chi connectivity index (χ2n) is 8.96. The lowest BCUT2D eigenvalue weighted by Crippen LogP contribution is -2.24. The molecule has 1 atom stereocenters. The van der Waals surface area contributed by atoms with Crippen molar-refractivity contribution in [2.45, 2.75) is 38.6 Å². The Morgan fingerprint density at radius 3 is 2.59 bits per heavy atom. The van der Waals surface area contributed by atoms with E-state index in [-0.39, 0.29) is 13.2 Å². The number of nitrogens with one attached hydrogen (secondary N) is 1. The van der Waals surface area contributed by atoms with Crippen LogP contribution in [0.3, 0.4) is 0 Å². The van der Waals surface area contributed by atoms with Crippen molar-refractivity contribution in [1.82, 2.24) is 19.7 Å². The normalized spacial score (nSPS) is 14.6. The lowest BCUT2D eigenvalue weighted by atomic mass is 10.1. The second-order valence-corrected chi connectivity index (χ2v) is 9.82. The average Bonchev–Trinajstić information content (AvgIpc) is 3.56. The minimum absolute atomic E-state index is 0.171. The number of aromatic nitrogens is 3. The van der Waals surface area contributed by atoms with Gasteiger partial charge in [0.15, 0.2) is 6.23 Å². The van der Waals surface area contributed by atoms with Gasteiger partial charge >= 0.3 is 0 Å². The molecule has 0 aliphatic carbocycles. The summed E-state index contributed by atoms with van der Waals surface area (Å²) >= 11 is 1.32. The Balaban J connectivity index is 0.000000396. The molecule has 3 N–H and O–H groups in total. The Morgan fingerprint density at radius 1 is 1.11 bits per heavy atom. The van der Waals surface area contributed by atoms with Crippen molar-refractivity contribution < 1.29 is 19.0 Å². The Labute approximate surface area is 219 Å². The molecule has 1 fully saturated rings. The number of aliphatic hydroxyl groups is 2. The number of hydrogen-bond donors (Lipinski definition) is 3. The van der Waals surface area contributed by atoms with E-state index in [0.29, 0.717) is 33.1 Å². The molecule has 7 nitrogen and oxygen atoms in total. The summed E-state index contributed by atoms with van der Waals surface area (Å²) < 4.78 is 29.0. The molecule has 1 aliphatic rings. The first-order valence-corrected chi connectivity index (χ1v) is 13.0. The number of nitrogens with zero attached hydrogens (tertiary/aromatic N) is 4. The summed E-state index contributed by atoms with van der Waals surface area (Å²) in [6.07, 6.45) is 6.51. The van der Waals surface area contributed by atoms with Crippen molar-refractivity contribution in [3.05, 3.63) is 88.7 Å². The molecule has 0 radical (unpaired) electrons. The van der Waals surface area contributed by atoms with E-state index < -0.39 is 17.9 Å². The third-order valence-corrected chi connectivity index (χ3v) is 7.01. The van der Waals surface area contributed by atoms with Crippen LogP contribution in [0.5, 0.6) is 0 Å². The summed E-state index contributed by atoms with van der Waals surface area (Å²) in [4.78, 5) is 6.81. The highest BCUT2D eigenvalue weighted by Crippen LogP contribution is 2.27. The number of aliphatic hydroxyl groups excluding tert-OH is 2. The maximum absolute atomic E-state index is 14.1. The molecule has 1 saturated heterocycles. The fourth-order valence-electron chi connectivity index (χ4n) is 4.06. The number of rotatable bonds is 7. The molecule has 2 aromatic carbocycles. The predicted molar refractivity (Wildman–Crippen MR) is 141 cm³/mol. The summed E-state index contributed by atoms with van der Waals surface area (Å²) in [5.74, 6) is -0.806. The van der Waals surface area contributed by atoms with Crippen LogP contribution in [-0.2, 0) is 13.2 Å². The highest BCUT2D eigenvalue weighted by Gasteiger charge is 2.15. The van der Waals surface area contributed by atoms with E-state index >= 15 is 0 Å². The number of halogens is 2. The van der Waals surface area contributed by atoms with Gasteiger partial charge in [0.2, 0.25) is 0 Å². The maximum Gasteiger partial charge on any atom is 0.168 e. The van der Waals surface area contributed by atoms with Gasteiger partial charge in [-0.2, -0.15) is 5.10 Å². The highest BCUT2D eigenvalue weighted by atomic mass is 32.1. The number of likely N-dealkylation sites (tertiary alicyclic amines) is 1. The number of anilines is 1. The van der Waals surface area contributed by atoms with Gasteiger partial charge in [0, 0.05) is 28.4 Å². The van der Waals surface area contributed by atoms with Crippen LogP contribution < -0.4 is 5.32 Å². The number of hydrogen-bond acceptors (Lipinski definition) is 7. The van der Waals surface area contributed by atoms with Crippen LogP contribution in [0.4, 0.5) is 14.5 Å². The number of piperidine rings is 1. The Bertz CT molecular complexity index is 1290. The molecule has 0 bridgehead atoms. The smallest absolute Gasteiger partial charge is 0.168 e. The largest absolute Gasteiger partial charge is 0.392 e. The van der Waals surface area contributed by atoms with Gasteiger partial charge in [-0.15, -0.1) is 11.3 Å². The predicted octanol–water partition coefficient (Wildman–Crippen LogP) is 5.03. The lowest BCUT2D eigenvalue weighted by molar-refractivity contribution is 0.204. The first-order chi connectivity index (χ1) is 17.9. The van der Waals surface area contributed by atoms with Crippen LogP contribution in [0.25, 0.3) is 10.6 Å². The highest BCUT2D eigenvalue weighted by molar-refractivity contribution is 7.13. The van der Waals surface area contributed by atoms with Crippen LogP contribution in [0, 0.1) is 11.6 Å². The molecular formula is C27H31F2N5O2S. The van der Waals surface area contributed by atoms with Gasteiger partial charge in [0.25, 0.3) is 0 Å². The van der Waals surface area contributed by atoms with E-state index in [9.17, 15) is 19.0 Å². The Hall–Kier alpha value is -3.18. The van der Waals surface area contributed by atoms with Crippen LogP contribution in [0.2, 0.25) is 0 Å². The van der Waals surface area contributed by atoms with Crippen LogP contribution >= 0.6 is 11.3 Å². The summed E-state index contributed by atoms with van der Waals surface area (Å²) in [6, 6.07) is 10.4. The van der Waals surface area contributed by atoms with Crippen molar-refractivity contribution in [2.24, 2.45) is 0 Å². The van der Waals surface area contributed by atoms with Crippen molar-refractivity contribution in [1.29, 1.82) is 0 Å². The fraction of sp³-hybridized carbons (Fsp3) is 0.333. The van der Waals surface area contributed by atoms with Crippen LogP contribution in [-0.4, -0.2) is 50.0 Å². The second kappa shape index (κ2) is 12.9. The van der Waals surface area contributed by atoms with Gasteiger partial charge in [0.05, 0.1) is 19.3 Å². The molecule has 0 saturated carbocycles. The molecule has 5 rings (SSSR count). The average molecular weight is 528 g/mol. The van der Waals surface area contributed by atoms with Crippen molar-refractivity contribution in [3.63, 3.8) is 0 Å². The molecule has 1 aliphatic heterocycles. The molecule has 196 valence electrons. The number of thiazole rings is 1. The van der Waals surface area contributed by atoms with Gasteiger partial charge < -0.3 is 20.4 Å².